The Balaban J connectivity index is 1.35. The third-order valence-electron chi connectivity index (χ3n) is 6.51. The van der Waals surface area contributed by atoms with Crippen LogP contribution in [0.5, 0.6) is 0 Å². The second kappa shape index (κ2) is 11.5. The SMILES string of the molecule is CN(c1ccnc(Nc2ccc(CS(C)(=O)=O)cc2)n1)c1cccc2c1nc(NC(=O)Cc1cccc(F)c1F)n2C. The number of hydrogen-bond donors (Lipinski definition) is 2. The predicted molar refractivity (Wildman–Crippen MR) is 158 cm³/mol. The highest BCUT2D eigenvalue weighted by Crippen LogP contribution is 2.32. The van der Waals surface area contributed by atoms with Gasteiger partial charge in [0.25, 0.3) is 0 Å². The van der Waals surface area contributed by atoms with Gasteiger partial charge in [-0.25, -0.2) is 27.2 Å². The van der Waals surface area contributed by atoms with Gasteiger partial charge in [0.15, 0.2) is 21.5 Å². The number of aryl methyl sites for hydroxylation is 1. The van der Waals surface area contributed by atoms with Crippen molar-refractivity contribution in [3.63, 3.8) is 0 Å². The first-order valence-electron chi connectivity index (χ1n) is 12.8. The Morgan fingerprint density at radius 3 is 2.48 bits per heavy atom. The summed E-state index contributed by atoms with van der Waals surface area (Å²) in [7, 11) is 0.428. The largest absolute Gasteiger partial charge is 0.327 e. The first-order valence-corrected chi connectivity index (χ1v) is 14.8. The van der Waals surface area contributed by atoms with E-state index in [4.69, 9.17) is 0 Å². The molecule has 10 nitrogen and oxygen atoms in total. The minimum atomic E-state index is -3.13. The molecule has 0 aliphatic carbocycles. The van der Waals surface area contributed by atoms with Crippen molar-refractivity contribution in [1.29, 1.82) is 0 Å². The Kier molecular flexibility index (Phi) is 7.85. The van der Waals surface area contributed by atoms with E-state index in [1.54, 1.807) is 48.1 Å². The molecule has 13 heteroatoms. The number of carbonyl (C=O) groups excluding carboxylic acids is 1. The Labute approximate surface area is 241 Å². The van der Waals surface area contributed by atoms with Gasteiger partial charge in [0.2, 0.25) is 17.8 Å². The smallest absolute Gasteiger partial charge is 0.231 e. The highest BCUT2D eigenvalue weighted by atomic mass is 32.2. The lowest BCUT2D eigenvalue weighted by Gasteiger charge is -2.19. The van der Waals surface area contributed by atoms with Gasteiger partial charge in [-0.05, 0) is 42.0 Å². The molecule has 3 aromatic carbocycles. The molecule has 2 aromatic heterocycles. The molecule has 0 radical (unpaired) electrons. The number of fused-ring (bicyclic) bond motifs is 1. The quantitative estimate of drug-likeness (QED) is 0.249. The van der Waals surface area contributed by atoms with E-state index in [2.05, 4.69) is 25.6 Å². The molecular weight excluding hydrogens is 564 g/mol. The second-order valence-corrected chi connectivity index (χ2v) is 11.9. The third-order valence-corrected chi connectivity index (χ3v) is 7.37. The maximum Gasteiger partial charge on any atom is 0.231 e. The molecule has 42 heavy (non-hydrogen) atoms. The molecule has 216 valence electrons. The van der Waals surface area contributed by atoms with Crippen molar-refractivity contribution in [2.45, 2.75) is 12.2 Å². The molecule has 0 spiro atoms. The molecule has 0 atom stereocenters. The summed E-state index contributed by atoms with van der Waals surface area (Å²) < 4.78 is 52.4. The van der Waals surface area contributed by atoms with Crippen molar-refractivity contribution in [3.05, 3.63) is 95.7 Å². The van der Waals surface area contributed by atoms with Crippen molar-refractivity contribution in [1.82, 2.24) is 19.5 Å². The topological polar surface area (TPSA) is 122 Å². The van der Waals surface area contributed by atoms with Gasteiger partial charge in [-0.1, -0.05) is 30.3 Å². The van der Waals surface area contributed by atoms with E-state index in [0.717, 1.165) is 11.6 Å². The number of nitrogens with zero attached hydrogens (tertiary/aromatic N) is 5. The summed E-state index contributed by atoms with van der Waals surface area (Å²) in [5.41, 5.74) is 3.34. The van der Waals surface area contributed by atoms with Gasteiger partial charge in [-0.15, -0.1) is 0 Å². The van der Waals surface area contributed by atoms with Crippen LogP contribution in [0.4, 0.5) is 37.9 Å². The lowest BCUT2D eigenvalue weighted by Crippen LogP contribution is -2.18. The van der Waals surface area contributed by atoms with Gasteiger partial charge in [0.05, 0.1) is 23.4 Å². The van der Waals surface area contributed by atoms with Gasteiger partial charge >= 0.3 is 0 Å². The Morgan fingerprint density at radius 1 is 1.00 bits per heavy atom. The zero-order chi connectivity index (χ0) is 30.0. The number of para-hydroxylation sites is 1. The fourth-order valence-electron chi connectivity index (χ4n) is 4.44. The first kappa shape index (κ1) is 28.6. The predicted octanol–water partition coefficient (Wildman–Crippen LogP) is 4.88. The number of halogens is 2. The van der Waals surface area contributed by atoms with Crippen LogP contribution in [0.1, 0.15) is 11.1 Å². The number of rotatable bonds is 9. The zero-order valence-electron chi connectivity index (χ0n) is 23.0. The average molecular weight is 592 g/mol. The summed E-state index contributed by atoms with van der Waals surface area (Å²) >= 11 is 0. The maximum absolute atomic E-state index is 14.1. The molecule has 0 aliphatic rings. The molecule has 0 saturated carbocycles. The highest BCUT2D eigenvalue weighted by Gasteiger charge is 2.18. The van der Waals surface area contributed by atoms with Crippen molar-refractivity contribution < 1.29 is 22.0 Å². The summed E-state index contributed by atoms with van der Waals surface area (Å²) in [6, 6.07) is 18.0. The van der Waals surface area contributed by atoms with Crippen molar-refractivity contribution in [2.75, 3.05) is 28.8 Å². The van der Waals surface area contributed by atoms with Crippen LogP contribution in [0.2, 0.25) is 0 Å². The number of nitrogens with one attached hydrogen (secondary N) is 2. The van der Waals surface area contributed by atoms with E-state index in [1.807, 2.05) is 30.1 Å². The molecule has 5 rings (SSSR count). The molecule has 0 fully saturated rings. The molecule has 5 aromatic rings. The van der Waals surface area contributed by atoms with Crippen LogP contribution in [0.15, 0.2) is 72.9 Å². The van der Waals surface area contributed by atoms with Gasteiger partial charge < -0.3 is 14.8 Å². The van der Waals surface area contributed by atoms with E-state index in [9.17, 15) is 22.0 Å². The standard InChI is InChI=1S/C29H27F2N7O3S/c1-37(24-14-15-32-28(34-24)33-20-12-10-18(11-13-20)17-42(3,40)41)22-8-5-9-23-27(22)36-29(38(23)2)35-25(39)16-19-6-4-7-21(30)26(19)31/h4-15H,16-17H2,1-3H3,(H,32,33,34)(H,35,36,39). The molecule has 2 N–H and O–H groups in total. The molecular formula is C29H27F2N7O3S. The summed E-state index contributed by atoms with van der Waals surface area (Å²) in [4.78, 5) is 28.0. The number of aromatic nitrogens is 4. The molecule has 2 heterocycles. The van der Waals surface area contributed by atoms with Crippen LogP contribution >= 0.6 is 0 Å². The minimum Gasteiger partial charge on any atom is -0.327 e. The molecule has 0 bridgehead atoms. The normalized spacial score (nSPS) is 11.5. The second-order valence-electron chi connectivity index (χ2n) is 9.77. The zero-order valence-corrected chi connectivity index (χ0v) is 23.8. The van der Waals surface area contributed by atoms with Crippen LogP contribution in [-0.4, -0.2) is 47.1 Å². The van der Waals surface area contributed by atoms with E-state index in [0.29, 0.717) is 34.2 Å². The summed E-state index contributed by atoms with van der Waals surface area (Å²) in [5.74, 6) is -1.50. The lowest BCUT2D eigenvalue weighted by atomic mass is 10.1. The lowest BCUT2D eigenvalue weighted by molar-refractivity contribution is -0.115. The van der Waals surface area contributed by atoms with E-state index in [1.165, 1.54) is 18.4 Å². The van der Waals surface area contributed by atoms with Gasteiger partial charge in [0, 0.05) is 37.8 Å². The first-order chi connectivity index (χ1) is 20.0. The number of amides is 1. The van der Waals surface area contributed by atoms with Crippen LogP contribution in [0.25, 0.3) is 11.0 Å². The van der Waals surface area contributed by atoms with Gasteiger partial charge in [-0.3, -0.25) is 10.1 Å². The van der Waals surface area contributed by atoms with Crippen LogP contribution in [0, 0.1) is 11.6 Å². The van der Waals surface area contributed by atoms with Crippen molar-refractivity contribution in [3.8, 4) is 0 Å². The number of carbonyl (C=O) groups is 1. The summed E-state index contributed by atoms with van der Waals surface area (Å²) in [5, 5.41) is 5.81. The van der Waals surface area contributed by atoms with Gasteiger partial charge in [0.1, 0.15) is 11.3 Å². The number of anilines is 5. The Hall–Kier alpha value is -4.91. The number of sulfone groups is 1. The number of hydrogen-bond acceptors (Lipinski definition) is 8. The fourth-order valence-corrected chi connectivity index (χ4v) is 5.24. The van der Waals surface area contributed by atoms with Crippen molar-refractivity contribution >= 4 is 55.9 Å². The van der Waals surface area contributed by atoms with Crippen LogP contribution in [-0.2, 0) is 33.9 Å². The monoisotopic (exact) mass is 591 g/mol. The highest BCUT2D eigenvalue weighted by molar-refractivity contribution is 7.89. The maximum atomic E-state index is 14.1. The fraction of sp³-hybridized carbons (Fsp3) is 0.172. The minimum absolute atomic E-state index is 0.0416. The third kappa shape index (κ3) is 6.36. The van der Waals surface area contributed by atoms with Gasteiger partial charge in [-0.2, -0.15) is 4.98 Å². The van der Waals surface area contributed by atoms with Crippen LogP contribution < -0.4 is 15.5 Å². The molecule has 0 unspecified atom stereocenters. The molecule has 0 aliphatic heterocycles. The Bertz CT molecular complexity index is 1890. The number of imidazole rings is 1. The number of benzene rings is 3. The molecule has 1 amide bonds. The Morgan fingerprint density at radius 2 is 1.74 bits per heavy atom. The van der Waals surface area contributed by atoms with Crippen molar-refractivity contribution in [2.24, 2.45) is 7.05 Å². The average Bonchev–Trinajstić information content (AvgIpc) is 3.26. The van der Waals surface area contributed by atoms with Crippen LogP contribution in [0.3, 0.4) is 0 Å². The van der Waals surface area contributed by atoms with E-state index in [-0.39, 0.29) is 23.7 Å². The van der Waals surface area contributed by atoms with E-state index < -0.39 is 27.4 Å². The van der Waals surface area contributed by atoms with E-state index >= 15 is 0 Å². The summed E-state index contributed by atoms with van der Waals surface area (Å²) in [6.45, 7) is 0. The summed E-state index contributed by atoms with van der Waals surface area (Å²) in [6.07, 6.45) is 2.44. The molecule has 0 saturated heterocycles.